The second-order valence-corrected chi connectivity index (χ2v) is 5.88. The minimum Gasteiger partial charge on any atom is -0.300 e. The van der Waals surface area contributed by atoms with Crippen molar-refractivity contribution in [2.45, 2.75) is 73.1 Å². The molecule has 0 unspecified atom stereocenters. The van der Waals surface area contributed by atoms with Gasteiger partial charge in [0.1, 0.15) is 0 Å². The SMILES string of the molecule is CCCCN(CC=C(C)CCC=C(C)C)CCCC. The lowest BCUT2D eigenvalue weighted by atomic mass is 10.1. The van der Waals surface area contributed by atoms with Crippen molar-refractivity contribution in [3.8, 4) is 0 Å². The van der Waals surface area contributed by atoms with Crippen molar-refractivity contribution in [2.24, 2.45) is 0 Å². The second-order valence-electron chi connectivity index (χ2n) is 5.88. The van der Waals surface area contributed by atoms with Crippen LogP contribution in [0, 0.1) is 0 Å². The van der Waals surface area contributed by atoms with Crippen LogP contribution < -0.4 is 0 Å². The molecule has 112 valence electrons. The van der Waals surface area contributed by atoms with Crippen LogP contribution in [0.5, 0.6) is 0 Å². The lowest BCUT2D eigenvalue weighted by Gasteiger charge is -2.20. The van der Waals surface area contributed by atoms with E-state index >= 15 is 0 Å². The molecule has 0 aromatic rings. The van der Waals surface area contributed by atoms with Gasteiger partial charge in [-0.3, -0.25) is 4.90 Å². The molecule has 0 atom stereocenters. The normalized spacial score (nSPS) is 12.0. The van der Waals surface area contributed by atoms with Crippen LogP contribution in [0.1, 0.15) is 73.1 Å². The lowest BCUT2D eigenvalue weighted by molar-refractivity contribution is 0.292. The van der Waals surface area contributed by atoms with Gasteiger partial charge >= 0.3 is 0 Å². The summed E-state index contributed by atoms with van der Waals surface area (Å²) in [5.41, 5.74) is 2.97. The van der Waals surface area contributed by atoms with Gasteiger partial charge in [-0.05, 0) is 59.5 Å². The van der Waals surface area contributed by atoms with Crippen LogP contribution in [0.2, 0.25) is 0 Å². The Hall–Kier alpha value is -0.560. The van der Waals surface area contributed by atoms with Gasteiger partial charge in [0, 0.05) is 6.54 Å². The molecule has 0 rings (SSSR count). The summed E-state index contributed by atoms with van der Waals surface area (Å²) < 4.78 is 0. The smallest absolute Gasteiger partial charge is 0.0165 e. The van der Waals surface area contributed by atoms with Crippen LogP contribution in [-0.4, -0.2) is 24.5 Å². The molecular formula is C18H35N. The number of unbranched alkanes of at least 4 members (excludes halogenated alkanes) is 2. The van der Waals surface area contributed by atoms with E-state index < -0.39 is 0 Å². The molecule has 0 N–H and O–H groups in total. The van der Waals surface area contributed by atoms with E-state index in [9.17, 15) is 0 Å². The Morgan fingerprint density at radius 3 is 1.95 bits per heavy atom. The van der Waals surface area contributed by atoms with Gasteiger partial charge < -0.3 is 0 Å². The van der Waals surface area contributed by atoms with Crippen LogP contribution in [0.25, 0.3) is 0 Å². The molecule has 0 aliphatic heterocycles. The van der Waals surface area contributed by atoms with Crippen molar-refractivity contribution >= 4 is 0 Å². The van der Waals surface area contributed by atoms with E-state index in [4.69, 9.17) is 0 Å². The van der Waals surface area contributed by atoms with Crippen molar-refractivity contribution in [3.63, 3.8) is 0 Å². The number of hydrogen-bond donors (Lipinski definition) is 0. The zero-order valence-electron chi connectivity index (χ0n) is 14.0. The monoisotopic (exact) mass is 265 g/mol. The first-order valence-corrected chi connectivity index (χ1v) is 8.11. The van der Waals surface area contributed by atoms with E-state index in [1.807, 2.05) is 0 Å². The lowest BCUT2D eigenvalue weighted by Crippen LogP contribution is -2.26. The maximum absolute atomic E-state index is 2.61. The van der Waals surface area contributed by atoms with Crippen LogP contribution in [-0.2, 0) is 0 Å². The van der Waals surface area contributed by atoms with Crippen LogP contribution in [0.3, 0.4) is 0 Å². The van der Waals surface area contributed by atoms with Crippen molar-refractivity contribution in [3.05, 3.63) is 23.3 Å². The molecule has 0 fully saturated rings. The van der Waals surface area contributed by atoms with Crippen molar-refractivity contribution in [2.75, 3.05) is 19.6 Å². The molecule has 0 saturated heterocycles. The van der Waals surface area contributed by atoms with E-state index in [2.05, 4.69) is 51.7 Å². The highest BCUT2D eigenvalue weighted by atomic mass is 15.1. The molecule has 19 heavy (non-hydrogen) atoms. The van der Waals surface area contributed by atoms with Gasteiger partial charge in [-0.25, -0.2) is 0 Å². The topological polar surface area (TPSA) is 3.24 Å². The van der Waals surface area contributed by atoms with Crippen LogP contribution in [0.15, 0.2) is 23.3 Å². The Labute approximate surface area is 121 Å². The highest BCUT2D eigenvalue weighted by Crippen LogP contribution is 2.08. The van der Waals surface area contributed by atoms with E-state index in [0.717, 1.165) is 6.54 Å². The molecule has 0 aliphatic rings. The molecule has 0 radical (unpaired) electrons. The number of rotatable bonds is 11. The third kappa shape index (κ3) is 12.2. The number of hydrogen-bond acceptors (Lipinski definition) is 1. The third-order valence-electron chi connectivity index (χ3n) is 3.44. The summed E-state index contributed by atoms with van der Waals surface area (Å²) in [5, 5.41) is 0. The summed E-state index contributed by atoms with van der Waals surface area (Å²) in [5.74, 6) is 0. The van der Waals surface area contributed by atoms with Gasteiger partial charge in [0.25, 0.3) is 0 Å². The number of allylic oxidation sites excluding steroid dienone is 3. The first-order chi connectivity index (χ1) is 9.10. The van der Waals surface area contributed by atoms with E-state index in [1.54, 1.807) is 0 Å². The number of nitrogens with zero attached hydrogens (tertiary/aromatic N) is 1. The van der Waals surface area contributed by atoms with Crippen LogP contribution >= 0.6 is 0 Å². The minimum atomic E-state index is 1.14. The Morgan fingerprint density at radius 1 is 0.895 bits per heavy atom. The fourth-order valence-electron chi connectivity index (χ4n) is 2.03. The van der Waals surface area contributed by atoms with E-state index in [0.29, 0.717) is 0 Å². The molecule has 1 nitrogen and oxygen atoms in total. The van der Waals surface area contributed by atoms with E-state index in [1.165, 1.54) is 62.8 Å². The molecule has 1 heteroatoms. The van der Waals surface area contributed by atoms with Gasteiger partial charge in [0.05, 0.1) is 0 Å². The Kier molecular flexibility index (Phi) is 12.1. The minimum absolute atomic E-state index is 1.14. The summed E-state index contributed by atoms with van der Waals surface area (Å²) in [4.78, 5) is 2.61. The van der Waals surface area contributed by atoms with E-state index in [-0.39, 0.29) is 0 Å². The molecular weight excluding hydrogens is 230 g/mol. The summed E-state index contributed by atoms with van der Waals surface area (Å²) in [7, 11) is 0. The fourth-order valence-corrected chi connectivity index (χ4v) is 2.03. The standard InChI is InChI=1S/C18H35N/c1-6-8-14-19(15-9-7-2)16-13-18(5)12-10-11-17(3)4/h11,13H,6-10,12,14-16H2,1-5H3. The van der Waals surface area contributed by atoms with Crippen molar-refractivity contribution < 1.29 is 0 Å². The molecule has 0 aliphatic carbocycles. The third-order valence-corrected chi connectivity index (χ3v) is 3.44. The van der Waals surface area contributed by atoms with Gasteiger partial charge in [-0.15, -0.1) is 0 Å². The summed E-state index contributed by atoms with van der Waals surface area (Å²) in [6.07, 6.45) is 12.4. The summed E-state index contributed by atoms with van der Waals surface area (Å²) in [6, 6.07) is 0. The highest BCUT2D eigenvalue weighted by molar-refractivity contribution is 5.03. The van der Waals surface area contributed by atoms with Gasteiger partial charge in [0.15, 0.2) is 0 Å². The average molecular weight is 265 g/mol. The molecule has 0 bridgehead atoms. The predicted octanol–water partition coefficient (Wildman–Crippen LogP) is 5.58. The Bertz CT molecular complexity index is 251. The Balaban J connectivity index is 4.06. The first kappa shape index (κ1) is 18.4. The zero-order chi connectivity index (χ0) is 14.5. The van der Waals surface area contributed by atoms with Gasteiger partial charge in [-0.1, -0.05) is 50.0 Å². The molecule has 0 saturated carbocycles. The summed E-state index contributed by atoms with van der Waals surface area (Å²) >= 11 is 0. The zero-order valence-corrected chi connectivity index (χ0v) is 14.0. The highest BCUT2D eigenvalue weighted by Gasteiger charge is 2.01. The second kappa shape index (κ2) is 12.5. The Morgan fingerprint density at radius 2 is 1.47 bits per heavy atom. The molecule has 0 amide bonds. The summed E-state index contributed by atoms with van der Waals surface area (Å²) in [6.45, 7) is 14.8. The maximum Gasteiger partial charge on any atom is 0.0165 e. The molecule has 0 aromatic heterocycles. The van der Waals surface area contributed by atoms with Gasteiger partial charge in [-0.2, -0.15) is 0 Å². The van der Waals surface area contributed by atoms with Crippen LogP contribution in [0.4, 0.5) is 0 Å². The predicted molar refractivity (Wildman–Crippen MR) is 88.7 cm³/mol. The quantitative estimate of drug-likeness (QED) is 0.441. The van der Waals surface area contributed by atoms with Gasteiger partial charge in [0.2, 0.25) is 0 Å². The largest absolute Gasteiger partial charge is 0.300 e. The van der Waals surface area contributed by atoms with Crippen molar-refractivity contribution in [1.82, 2.24) is 4.90 Å². The average Bonchev–Trinajstić information content (AvgIpc) is 2.37. The molecule has 0 spiro atoms. The van der Waals surface area contributed by atoms with Crippen molar-refractivity contribution in [1.29, 1.82) is 0 Å². The maximum atomic E-state index is 2.61. The molecule has 0 aromatic carbocycles. The fraction of sp³-hybridized carbons (Fsp3) is 0.778. The first-order valence-electron chi connectivity index (χ1n) is 8.11. The molecule has 0 heterocycles.